The molecule has 94 valence electrons. The van der Waals surface area contributed by atoms with Crippen LogP contribution in [-0.4, -0.2) is 12.6 Å². The van der Waals surface area contributed by atoms with Crippen LogP contribution in [0.15, 0.2) is 24.8 Å². The second-order valence-corrected chi connectivity index (χ2v) is 4.67. The minimum absolute atomic E-state index is 0.196. The van der Waals surface area contributed by atoms with Gasteiger partial charge in [0.05, 0.1) is 6.61 Å². The lowest BCUT2D eigenvalue weighted by molar-refractivity contribution is 0.320. The number of hydrogen-bond acceptors (Lipinski definition) is 2. The maximum absolute atomic E-state index is 5.82. The summed E-state index contributed by atoms with van der Waals surface area (Å²) in [6.45, 7) is 10.6. The molecule has 0 aliphatic rings. The highest BCUT2D eigenvalue weighted by Crippen LogP contribution is 2.25. The Morgan fingerprint density at radius 2 is 1.94 bits per heavy atom. The van der Waals surface area contributed by atoms with Crippen LogP contribution in [0.3, 0.4) is 0 Å². The number of aryl methyl sites for hydroxylation is 2. The SMILES string of the molecule is C=CCCOc1c(C)cc(CC(C)N)cc1C. The number of rotatable bonds is 6. The van der Waals surface area contributed by atoms with Gasteiger partial charge in [-0.1, -0.05) is 18.2 Å². The van der Waals surface area contributed by atoms with Gasteiger partial charge in [0.2, 0.25) is 0 Å². The fraction of sp³-hybridized carbons (Fsp3) is 0.467. The molecule has 1 atom stereocenters. The smallest absolute Gasteiger partial charge is 0.125 e. The highest BCUT2D eigenvalue weighted by Gasteiger charge is 2.07. The molecule has 2 N–H and O–H groups in total. The summed E-state index contributed by atoms with van der Waals surface area (Å²) in [7, 11) is 0. The van der Waals surface area contributed by atoms with E-state index in [0.717, 1.165) is 18.6 Å². The summed E-state index contributed by atoms with van der Waals surface area (Å²) in [6.07, 6.45) is 3.66. The van der Waals surface area contributed by atoms with Crippen LogP contribution in [0.2, 0.25) is 0 Å². The van der Waals surface area contributed by atoms with Crippen molar-refractivity contribution in [2.75, 3.05) is 6.61 Å². The summed E-state index contributed by atoms with van der Waals surface area (Å²) in [4.78, 5) is 0. The van der Waals surface area contributed by atoms with Crippen molar-refractivity contribution in [3.63, 3.8) is 0 Å². The van der Waals surface area contributed by atoms with Crippen molar-refractivity contribution in [1.29, 1.82) is 0 Å². The molecule has 0 saturated carbocycles. The predicted octanol–water partition coefficient (Wildman–Crippen LogP) is 3.15. The molecule has 0 aliphatic carbocycles. The first-order valence-corrected chi connectivity index (χ1v) is 6.14. The Morgan fingerprint density at radius 3 is 2.41 bits per heavy atom. The molecule has 0 fully saturated rings. The topological polar surface area (TPSA) is 35.2 Å². The highest BCUT2D eigenvalue weighted by molar-refractivity contribution is 5.43. The average Bonchev–Trinajstić information content (AvgIpc) is 2.21. The van der Waals surface area contributed by atoms with Crippen LogP contribution in [0.4, 0.5) is 0 Å². The van der Waals surface area contributed by atoms with Gasteiger partial charge in [0.15, 0.2) is 0 Å². The minimum Gasteiger partial charge on any atom is -0.493 e. The van der Waals surface area contributed by atoms with Gasteiger partial charge in [-0.15, -0.1) is 6.58 Å². The first-order chi connectivity index (χ1) is 8.04. The summed E-state index contributed by atoms with van der Waals surface area (Å²) in [6, 6.07) is 4.53. The summed E-state index contributed by atoms with van der Waals surface area (Å²) < 4.78 is 5.77. The second-order valence-electron chi connectivity index (χ2n) is 4.67. The molecular weight excluding hydrogens is 210 g/mol. The van der Waals surface area contributed by atoms with E-state index in [9.17, 15) is 0 Å². The molecule has 0 radical (unpaired) electrons. The van der Waals surface area contributed by atoms with Crippen molar-refractivity contribution in [2.45, 2.75) is 39.7 Å². The molecule has 17 heavy (non-hydrogen) atoms. The lowest BCUT2D eigenvalue weighted by atomic mass is 10.0. The van der Waals surface area contributed by atoms with Crippen LogP contribution in [0, 0.1) is 13.8 Å². The zero-order valence-corrected chi connectivity index (χ0v) is 11.1. The quantitative estimate of drug-likeness (QED) is 0.605. The predicted molar refractivity (Wildman–Crippen MR) is 73.6 cm³/mol. The maximum atomic E-state index is 5.82. The lowest BCUT2D eigenvalue weighted by Gasteiger charge is -2.14. The molecule has 2 nitrogen and oxygen atoms in total. The second kappa shape index (κ2) is 6.45. The fourth-order valence-corrected chi connectivity index (χ4v) is 2.00. The van der Waals surface area contributed by atoms with E-state index in [0.29, 0.717) is 6.61 Å². The molecule has 0 amide bonds. The average molecular weight is 233 g/mol. The standard InChI is InChI=1S/C15H23NO/c1-5-6-7-17-15-11(2)8-14(9-12(15)3)10-13(4)16/h5,8-9,13H,1,6-7,10,16H2,2-4H3. The van der Waals surface area contributed by atoms with Crippen LogP contribution in [-0.2, 0) is 6.42 Å². The zero-order valence-electron chi connectivity index (χ0n) is 11.1. The Kier molecular flexibility index (Phi) is 5.23. The number of benzene rings is 1. The summed E-state index contributed by atoms with van der Waals surface area (Å²) in [5.41, 5.74) is 9.47. The zero-order chi connectivity index (χ0) is 12.8. The number of nitrogens with two attached hydrogens (primary N) is 1. The van der Waals surface area contributed by atoms with Gasteiger partial charge in [-0.3, -0.25) is 0 Å². The van der Waals surface area contributed by atoms with Gasteiger partial charge in [-0.05, 0) is 50.3 Å². The first kappa shape index (κ1) is 13.8. The van der Waals surface area contributed by atoms with Crippen molar-refractivity contribution in [3.05, 3.63) is 41.5 Å². The summed E-state index contributed by atoms with van der Waals surface area (Å²) in [5, 5.41) is 0. The third-order valence-corrected chi connectivity index (χ3v) is 2.65. The van der Waals surface area contributed by atoms with Crippen molar-refractivity contribution >= 4 is 0 Å². The molecule has 0 aliphatic heterocycles. The van der Waals surface area contributed by atoms with Gasteiger partial charge in [-0.2, -0.15) is 0 Å². The van der Waals surface area contributed by atoms with E-state index < -0.39 is 0 Å². The molecule has 1 rings (SSSR count). The maximum Gasteiger partial charge on any atom is 0.125 e. The van der Waals surface area contributed by atoms with Crippen LogP contribution in [0.25, 0.3) is 0 Å². The molecule has 1 unspecified atom stereocenters. The number of hydrogen-bond donors (Lipinski definition) is 1. The molecule has 0 aromatic heterocycles. The van der Waals surface area contributed by atoms with Crippen molar-refractivity contribution in [3.8, 4) is 5.75 Å². The minimum atomic E-state index is 0.196. The summed E-state index contributed by atoms with van der Waals surface area (Å²) >= 11 is 0. The monoisotopic (exact) mass is 233 g/mol. The largest absolute Gasteiger partial charge is 0.493 e. The summed E-state index contributed by atoms with van der Waals surface area (Å²) in [5.74, 6) is 1.00. The fourth-order valence-electron chi connectivity index (χ4n) is 2.00. The van der Waals surface area contributed by atoms with E-state index >= 15 is 0 Å². The van der Waals surface area contributed by atoms with E-state index in [1.54, 1.807) is 0 Å². The van der Waals surface area contributed by atoms with Crippen molar-refractivity contribution < 1.29 is 4.74 Å². The Labute approximate surface area is 104 Å². The molecule has 0 heterocycles. The van der Waals surface area contributed by atoms with E-state index in [-0.39, 0.29) is 6.04 Å². The van der Waals surface area contributed by atoms with Crippen LogP contribution in [0.5, 0.6) is 5.75 Å². The van der Waals surface area contributed by atoms with Gasteiger partial charge < -0.3 is 10.5 Å². The Morgan fingerprint density at radius 1 is 1.35 bits per heavy atom. The van der Waals surface area contributed by atoms with Crippen molar-refractivity contribution in [1.82, 2.24) is 0 Å². The van der Waals surface area contributed by atoms with Gasteiger partial charge in [0.1, 0.15) is 5.75 Å². The Hall–Kier alpha value is -1.28. The normalized spacial score (nSPS) is 12.2. The Balaban J connectivity index is 2.82. The van der Waals surface area contributed by atoms with Crippen LogP contribution < -0.4 is 10.5 Å². The third-order valence-electron chi connectivity index (χ3n) is 2.65. The van der Waals surface area contributed by atoms with Gasteiger partial charge in [-0.25, -0.2) is 0 Å². The van der Waals surface area contributed by atoms with E-state index in [2.05, 4.69) is 32.6 Å². The van der Waals surface area contributed by atoms with Gasteiger partial charge in [0, 0.05) is 6.04 Å². The van der Waals surface area contributed by atoms with Gasteiger partial charge in [0.25, 0.3) is 0 Å². The van der Waals surface area contributed by atoms with E-state index in [4.69, 9.17) is 10.5 Å². The third kappa shape index (κ3) is 4.23. The van der Waals surface area contributed by atoms with E-state index in [1.807, 2.05) is 13.0 Å². The molecule has 1 aromatic rings. The molecule has 0 spiro atoms. The molecule has 0 saturated heterocycles. The van der Waals surface area contributed by atoms with Gasteiger partial charge >= 0.3 is 0 Å². The van der Waals surface area contributed by atoms with Crippen LogP contribution >= 0.6 is 0 Å². The molecule has 1 aromatic carbocycles. The molecule has 0 bridgehead atoms. The molecular formula is C15H23NO. The number of ether oxygens (including phenoxy) is 1. The molecule has 2 heteroatoms. The van der Waals surface area contributed by atoms with Crippen molar-refractivity contribution in [2.24, 2.45) is 5.73 Å². The van der Waals surface area contributed by atoms with Crippen LogP contribution in [0.1, 0.15) is 30.0 Å². The lowest BCUT2D eigenvalue weighted by Crippen LogP contribution is -2.18. The van der Waals surface area contributed by atoms with E-state index in [1.165, 1.54) is 16.7 Å². The Bertz CT molecular complexity index is 360. The first-order valence-electron chi connectivity index (χ1n) is 6.14. The highest BCUT2D eigenvalue weighted by atomic mass is 16.5.